The number of rotatable bonds is 4. The van der Waals surface area contributed by atoms with E-state index in [1.54, 1.807) is 24.2 Å². The van der Waals surface area contributed by atoms with Gasteiger partial charge in [0.15, 0.2) is 0 Å². The van der Waals surface area contributed by atoms with Crippen molar-refractivity contribution < 1.29 is 9.90 Å². The largest absolute Gasteiger partial charge is 0.388 e. The summed E-state index contributed by atoms with van der Waals surface area (Å²) in [5, 5.41) is 10.4. The second kappa shape index (κ2) is 5.13. The molecule has 2 aliphatic carbocycles. The van der Waals surface area contributed by atoms with Crippen LogP contribution in [0.15, 0.2) is 12.3 Å². The Morgan fingerprint density at radius 2 is 2.15 bits per heavy atom. The maximum Gasteiger partial charge on any atom is 0.272 e. The lowest BCUT2D eigenvalue weighted by molar-refractivity contribution is 0.0154. The zero-order valence-electron chi connectivity index (χ0n) is 11.9. The Bertz CT molecular complexity index is 508. The average molecular weight is 275 g/mol. The van der Waals surface area contributed by atoms with Crippen LogP contribution in [-0.2, 0) is 0 Å². The Morgan fingerprint density at radius 1 is 1.45 bits per heavy atom. The van der Waals surface area contributed by atoms with E-state index >= 15 is 0 Å². The Kier molecular flexibility index (Phi) is 3.46. The molecule has 3 rings (SSSR count). The standard InChI is InChI=1S/C15H21N3O2/c1-18(10-15(20)7-2-3-8-15)14(19)12-6-9-16-13(17-12)11-4-5-11/h6,9,11,20H,2-5,7-8,10H2,1H3. The predicted octanol–water partition coefficient (Wildman–Crippen LogP) is 1.73. The van der Waals surface area contributed by atoms with Crippen LogP contribution in [0.25, 0.3) is 0 Å². The molecule has 0 saturated heterocycles. The summed E-state index contributed by atoms with van der Waals surface area (Å²) in [5.74, 6) is 1.09. The van der Waals surface area contributed by atoms with Crippen LogP contribution in [0.1, 0.15) is 60.8 Å². The molecule has 0 aliphatic heterocycles. The quantitative estimate of drug-likeness (QED) is 0.908. The fraction of sp³-hybridized carbons (Fsp3) is 0.667. The lowest BCUT2D eigenvalue weighted by Gasteiger charge is -2.28. The molecule has 20 heavy (non-hydrogen) atoms. The van der Waals surface area contributed by atoms with Crippen LogP contribution in [-0.4, -0.2) is 45.1 Å². The highest BCUT2D eigenvalue weighted by molar-refractivity contribution is 5.92. The predicted molar refractivity (Wildman–Crippen MR) is 74.4 cm³/mol. The van der Waals surface area contributed by atoms with Gasteiger partial charge in [-0.2, -0.15) is 0 Å². The minimum absolute atomic E-state index is 0.130. The summed E-state index contributed by atoms with van der Waals surface area (Å²) in [6.45, 7) is 0.384. The van der Waals surface area contributed by atoms with Crippen molar-refractivity contribution in [3.8, 4) is 0 Å². The maximum atomic E-state index is 12.4. The number of hydrogen-bond donors (Lipinski definition) is 1. The summed E-state index contributed by atoms with van der Waals surface area (Å²) in [4.78, 5) is 22.6. The van der Waals surface area contributed by atoms with Crippen molar-refractivity contribution >= 4 is 5.91 Å². The van der Waals surface area contributed by atoms with E-state index in [2.05, 4.69) is 9.97 Å². The SMILES string of the molecule is CN(CC1(O)CCCC1)C(=O)c1ccnc(C2CC2)n1. The number of carbonyl (C=O) groups is 1. The van der Waals surface area contributed by atoms with Gasteiger partial charge in [0, 0.05) is 25.7 Å². The third kappa shape index (κ3) is 2.82. The first-order valence-corrected chi connectivity index (χ1v) is 7.38. The first-order chi connectivity index (χ1) is 9.57. The fourth-order valence-electron chi connectivity index (χ4n) is 2.93. The number of hydrogen-bond acceptors (Lipinski definition) is 4. The minimum atomic E-state index is -0.712. The second-order valence-electron chi connectivity index (χ2n) is 6.17. The van der Waals surface area contributed by atoms with Crippen molar-refractivity contribution in [3.05, 3.63) is 23.8 Å². The van der Waals surface area contributed by atoms with Crippen LogP contribution < -0.4 is 0 Å². The highest BCUT2D eigenvalue weighted by Crippen LogP contribution is 2.37. The zero-order valence-corrected chi connectivity index (χ0v) is 11.9. The first-order valence-electron chi connectivity index (χ1n) is 7.38. The van der Waals surface area contributed by atoms with E-state index in [0.717, 1.165) is 44.3 Å². The maximum absolute atomic E-state index is 12.4. The van der Waals surface area contributed by atoms with E-state index in [4.69, 9.17) is 0 Å². The first kappa shape index (κ1) is 13.5. The minimum Gasteiger partial charge on any atom is -0.388 e. The van der Waals surface area contributed by atoms with Crippen LogP contribution in [0, 0.1) is 0 Å². The molecule has 2 aliphatic rings. The number of aromatic nitrogens is 2. The molecule has 0 bridgehead atoms. The van der Waals surface area contributed by atoms with Crippen LogP contribution in [0.2, 0.25) is 0 Å². The van der Waals surface area contributed by atoms with E-state index < -0.39 is 5.60 Å². The summed E-state index contributed by atoms with van der Waals surface area (Å²) < 4.78 is 0. The molecule has 5 nitrogen and oxygen atoms in total. The van der Waals surface area contributed by atoms with Crippen molar-refractivity contribution in [2.45, 2.75) is 50.0 Å². The summed E-state index contributed by atoms with van der Waals surface area (Å²) >= 11 is 0. The van der Waals surface area contributed by atoms with E-state index in [0.29, 0.717) is 18.2 Å². The highest BCUT2D eigenvalue weighted by Gasteiger charge is 2.34. The van der Waals surface area contributed by atoms with Crippen LogP contribution in [0.5, 0.6) is 0 Å². The van der Waals surface area contributed by atoms with Gasteiger partial charge in [0.05, 0.1) is 5.60 Å². The molecular formula is C15H21N3O2. The van der Waals surface area contributed by atoms with Crippen molar-refractivity contribution in [2.24, 2.45) is 0 Å². The molecule has 1 N–H and O–H groups in total. The Morgan fingerprint density at radius 3 is 2.80 bits per heavy atom. The molecule has 0 spiro atoms. The summed E-state index contributed by atoms with van der Waals surface area (Å²) in [6.07, 6.45) is 7.53. The van der Waals surface area contributed by atoms with E-state index in [-0.39, 0.29) is 5.91 Å². The molecule has 108 valence electrons. The molecular weight excluding hydrogens is 254 g/mol. The van der Waals surface area contributed by atoms with Gasteiger partial charge in [-0.15, -0.1) is 0 Å². The molecule has 0 unspecified atom stereocenters. The third-order valence-corrected chi connectivity index (χ3v) is 4.25. The normalized spacial score (nSPS) is 20.9. The number of nitrogens with zero attached hydrogens (tertiary/aromatic N) is 3. The Balaban J connectivity index is 1.69. The number of carbonyl (C=O) groups excluding carboxylic acids is 1. The van der Waals surface area contributed by atoms with Gasteiger partial charge in [-0.3, -0.25) is 4.79 Å². The van der Waals surface area contributed by atoms with Gasteiger partial charge in [0.1, 0.15) is 11.5 Å². The summed E-state index contributed by atoms with van der Waals surface area (Å²) in [6, 6.07) is 1.66. The molecule has 0 radical (unpaired) electrons. The van der Waals surface area contributed by atoms with Crippen LogP contribution >= 0.6 is 0 Å². The number of likely N-dealkylation sites (N-methyl/N-ethyl adjacent to an activating group) is 1. The smallest absolute Gasteiger partial charge is 0.272 e. The van der Waals surface area contributed by atoms with Crippen molar-refractivity contribution in [1.29, 1.82) is 0 Å². The van der Waals surface area contributed by atoms with Crippen LogP contribution in [0.4, 0.5) is 0 Å². The Hall–Kier alpha value is -1.49. The summed E-state index contributed by atoms with van der Waals surface area (Å²) in [7, 11) is 1.73. The Labute approximate surface area is 119 Å². The van der Waals surface area contributed by atoms with Gasteiger partial charge in [-0.25, -0.2) is 9.97 Å². The summed E-state index contributed by atoms with van der Waals surface area (Å²) in [5.41, 5.74) is -0.275. The molecule has 1 amide bonds. The third-order valence-electron chi connectivity index (χ3n) is 4.25. The molecule has 5 heteroatoms. The van der Waals surface area contributed by atoms with E-state index in [1.807, 2.05) is 0 Å². The van der Waals surface area contributed by atoms with Gasteiger partial charge in [0.2, 0.25) is 0 Å². The van der Waals surface area contributed by atoms with Gasteiger partial charge in [-0.05, 0) is 31.7 Å². The van der Waals surface area contributed by atoms with Gasteiger partial charge < -0.3 is 10.0 Å². The molecule has 0 atom stereocenters. The zero-order chi connectivity index (χ0) is 14.2. The van der Waals surface area contributed by atoms with Crippen molar-refractivity contribution in [1.82, 2.24) is 14.9 Å². The van der Waals surface area contributed by atoms with Gasteiger partial charge in [0.25, 0.3) is 5.91 Å². The average Bonchev–Trinajstić information content (AvgIpc) is 3.21. The molecule has 1 heterocycles. The molecule has 2 fully saturated rings. The molecule has 1 aromatic heterocycles. The monoisotopic (exact) mass is 275 g/mol. The van der Waals surface area contributed by atoms with Gasteiger partial charge >= 0.3 is 0 Å². The van der Waals surface area contributed by atoms with E-state index in [1.165, 1.54) is 0 Å². The topological polar surface area (TPSA) is 66.3 Å². The number of amides is 1. The van der Waals surface area contributed by atoms with Crippen molar-refractivity contribution in [2.75, 3.05) is 13.6 Å². The van der Waals surface area contributed by atoms with Crippen molar-refractivity contribution in [3.63, 3.8) is 0 Å². The van der Waals surface area contributed by atoms with Gasteiger partial charge in [-0.1, -0.05) is 12.8 Å². The molecule has 0 aromatic carbocycles. The molecule has 1 aromatic rings. The second-order valence-corrected chi connectivity index (χ2v) is 6.17. The fourth-order valence-corrected chi connectivity index (χ4v) is 2.93. The van der Waals surface area contributed by atoms with Crippen LogP contribution in [0.3, 0.4) is 0 Å². The highest BCUT2D eigenvalue weighted by atomic mass is 16.3. The lowest BCUT2D eigenvalue weighted by atomic mass is 10.0. The number of aliphatic hydroxyl groups is 1. The van der Waals surface area contributed by atoms with E-state index in [9.17, 15) is 9.90 Å². The molecule has 2 saturated carbocycles. The lowest BCUT2D eigenvalue weighted by Crippen LogP contribution is -2.42.